The summed E-state index contributed by atoms with van der Waals surface area (Å²) in [5.74, 6) is -2.08. The van der Waals surface area contributed by atoms with Crippen LogP contribution in [0, 0.1) is 5.92 Å². The van der Waals surface area contributed by atoms with Crippen molar-refractivity contribution in [1.82, 2.24) is 9.21 Å². The van der Waals surface area contributed by atoms with Gasteiger partial charge in [0.1, 0.15) is 5.37 Å². The molecule has 0 N–H and O–H groups in total. The molecule has 2 heterocycles. The minimum absolute atomic E-state index is 0.0521. The van der Waals surface area contributed by atoms with E-state index in [-0.39, 0.29) is 35.6 Å². The van der Waals surface area contributed by atoms with Crippen molar-refractivity contribution in [3.05, 3.63) is 12.2 Å². The number of methoxy groups -OCH3 is 1. The Hall–Kier alpha value is -1.65. The van der Waals surface area contributed by atoms with E-state index in [1.807, 2.05) is 6.92 Å². The molecule has 0 aromatic heterocycles. The Balaban J connectivity index is 2.37. The van der Waals surface area contributed by atoms with Crippen LogP contribution >= 0.6 is 11.9 Å². The summed E-state index contributed by atoms with van der Waals surface area (Å²) in [7, 11) is -0.931. The Labute approximate surface area is 189 Å². The standard InChI is InChI=1S/C21H34N2O6SSi/c1-12(2)17(20(27)28-7)22-18(26)16(13(3)29-31(8,9)21(4,5)6)19(22)30-23-14(24)10-11-15(23)25/h13,16-17,19H,1,10-11H2,2-9H3/t13-,16?,17?,19?/m1/s1. The first-order valence-corrected chi connectivity index (χ1v) is 14.1. The predicted octanol–water partition coefficient (Wildman–Crippen LogP) is 3.10. The number of carbonyl (C=O) groups is 4. The normalized spacial score (nSPS) is 24.2. The Bertz CT molecular complexity index is 777. The maximum absolute atomic E-state index is 13.3. The quantitative estimate of drug-likeness (QED) is 0.134. The summed E-state index contributed by atoms with van der Waals surface area (Å²) < 4.78 is 12.5. The molecule has 2 fully saturated rings. The number of β-lactam (4-membered cyclic amide) rings is 1. The predicted molar refractivity (Wildman–Crippen MR) is 121 cm³/mol. The van der Waals surface area contributed by atoms with Crippen molar-refractivity contribution in [2.45, 2.75) is 83.1 Å². The zero-order valence-corrected chi connectivity index (χ0v) is 21.5. The van der Waals surface area contributed by atoms with E-state index in [4.69, 9.17) is 9.16 Å². The van der Waals surface area contributed by atoms with Crippen LogP contribution < -0.4 is 0 Å². The van der Waals surface area contributed by atoms with Crippen LogP contribution in [0.15, 0.2) is 12.2 Å². The van der Waals surface area contributed by atoms with Crippen LogP contribution in [-0.4, -0.2) is 65.8 Å². The van der Waals surface area contributed by atoms with Gasteiger partial charge in [-0.1, -0.05) is 27.4 Å². The molecule has 0 aromatic carbocycles. The van der Waals surface area contributed by atoms with Crippen LogP contribution in [0.2, 0.25) is 18.1 Å². The van der Waals surface area contributed by atoms with Gasteiger partial charge in [0, 0.05) is 12.8 Å². The van der Waals surface area contributed by atoms with E-state index in [1.54, 1.807) is 6.92 Å². The number of ether oxygens (including phenoxy) is 1. The molecule has 0 radical (unpaired) electrons. The summed E-state index contributed by atoms with van der Waals surface area (Å²) in [6.07, 6.45) is -0.152. The molecule has 10 heteroatoms. The Morgan fingerprint density at radius 1 is 1.19 bits per heavy atom. The first-order chi connectivity index (χ1) is 14.1. The van der Waals surface area contributed by atoms with E-state index >= 15 is 0 Å². The van der Waals surface area contributed by atoms with Crippen molar-refractivity contribution in [2.75, 3.05) is 7.11 Å². The van der Waals surface area contributed by atoms with Crippen molar-refractivity contribution in [3.8, 4) is 0 Å². The summed E-state index contributed by atoms with van der Waals surface area (Å²) in [5.41, 5.74) is 0.446. The second kappa shape index (κ2) is 9.07. The van der Waals surface area contributed by atoms with Gasteiger partial charge in [0.15, 0.2) is 14.4 Å². The van der Waals surface area contributed by atoms with Gasteiger partial charge < -0.3 is 14.1 Å². The number of carbonyl (C=O) groups excluding carboxylic acids is 4. The fraction of sp³-hybridized carbons (Fsp3) is 0.714. The monoisotopic (exact) mass is 470 g/mol. The molecule has 2 saturated heterocycles. The van der Waals surface area contributed by atoms with Crippen molar-refractivity contribution >= 4 is 44.0 Å². The lowest BCUT2D eigenvalue weighted by molar-refractivity contribution is -0.168. The van der Waals surface area contributed by atoms with E-state index in [1.165, 1.54) is 12.0 Å². The van der Waals surface area contributed by atoms with Crippen LogP contribution in [0.3, 0.4) is 0 Å². The summed E-state index contributed by atoms with van der Waals surface area (Å²) in [5, 5.41) is -0.678. The topological polar surface area (TPSA) is 93.2 Å². The number of imide groups is 1. The fourth-order valence-electron chi connectivity index (χ4n) is 3.49. The second-order valence-corrected chi connectivity index (χ2v) is 15.5. The molecule has 2 aliphatic rings. The molecule has 2 aliphatic heterocycles. The molecule has 3 unspecified atom stereocenters. The maximum atomic E-state index is 13.3. The van der Waals surface area contributed by atoms with Crippen molar-refractivity contribution in [1.29, 1.82) is 0 Å². The minimum Gasteiger partial charge on any atom is -0.467 e. The van der Waals surface area contributed by atoms with E-state index in [0.29, 0.717) is 5.57 Å². The van der Waals surface area contributed by atoms with Gasteiger partial charge in [-0.25, -0.2) is 9.10 Å². The lowest BCUT2D eigenvalue weighted by Gasteiger charge is -2.53. The first kappa shape index (κ1) is 25.6. The highest BCUT2D eigenvalue weighted by atomic mass is 32.2. The van der Waals surface area contributed by atoms with Gasteiger partial charge in [-0.3, -0.25) is 14.4 Å². The smallest absolute Gasteiger partial charge is 0.332 e. The first-order valence-electron chi connectivity index (χ1n) is 10.4. The average Bonchev–Trinajstić information content (AvgIpc) is 2.95. The number of rotatable bonds is 8. The fourth-order valence-corrected chi connectivity index (χ4v) is 6.35. The summed E-state index contributed by atoms with van der Waals surface area (Å²) >= 11 is 0.991. The molecule has 0 bridgehead atoms. The van der Waals surface area contributed by atoms with Crippen molar-refractivity contribution in [3.63, 3.8) is 0 Å². The zero-order valence-electron chi connectivity index (χ0n) is 19.7. The van der Waals surface area contributed by atoms with Crippen molar-refractivity contribution in [2.24, 2.45) is 5.92 Å². The average molecular weight is 471 g/mol. The van der Waals surface area contributed by atoms with Gasteiger partial charge in [-0.2, -0.15) is 0 Å². The molecule has 8 nitrogen and oxygen atoms in total. The van der Waals surface area contributed by atoms with Gasteiger partial charge in [-0.05, 0) is 49.5 Å². The molecule has 0 saturated carbocycles. The lowest BCUT2D eigenvalue weighted by Crippen LogP contribution is -2.69. The van der Waals surface area contributed by atoms with Crippen LogP contribution in [0.1, 0.15) is 47.5 Å². The number of hydrogen-bond acceptors (Lipinski definition) is 7. The van der Waals surface area contributed by atoms with Crippen LogP contribution in [0.4, 0.5) is 0 Å². The van der Waals surface area contributed by atoms with E-state index < -0.39 is 37.7 Å². The third-order valence-electron chi connectivity index (χ3n) is 6.30. The third kappa shape index (κ3) is 4.90. The van der Waals surface area contributed by atoms with Crippen molar-refractivity contribution < 1.29 is 28.3 Å². The highest BCUT2D eigenvalue weighted by molar-refractivity contribution is 7.98. The maximum Gasteiger partial charge on any atom is 0.332 e. The molecule has 0 aliphatic carbocycles. The van der Waals surface area contributed by atoms with Crippen LogP contribution in [0.25, 0.3) is 0 Å². The SMILES string of the molecule is C=C(C)C(C(=O)OC)N1C(=O)C([C@@H](C)O[Si](C)(C)C(C)(C)C)C1SN1C(=O)CCC1=O. The Kier molecular flexibility index (Phi) is 7.49. The van der Waals surface area contributed by atoms with Gasteiger partial charge in [0.05, 0.1) is 19.1 Å². The Morgan fingerprint density at radius 3 is 2.13 bits per heavy atom. The number of amides is 3. The number of likely N-dealkylation sites (tertiary alicyclic amines) is 1. The Morgan fingerprint density at radius 2 is 1.71 bits per heavy atom. The lowest BCUT2D eigenvalue weighted by atomic mass is 9.89. The summed E-state index contributed by atoms with van der Waals surface area (Å²) in [6.45, 7) is 17.9. The molecule has 3 amide bonds. The molecular formula is C21H34N2O6SSi. The van der Waals surface area contributed by atoms with Gasteiger partial charge >= 0.3 is 5.97 Å². The highest BCUT2D eigenvalue weighted by Crippen LogP contribution is 2.46. The van der Waals surface area contributed by atoms with Gasteiger partial charge in [0.2, 0.25) is 17.7 Å². The van der Waals surface area contributed by atoms with E-state index in [9.17, 15) is 19.2 Å². The molecule has 174 valence electrons. The van der Waals surface area contributed by atoms with Gasteiger partial charge in [0.25, 0.3) is 0 Å². The zero-order chi connectivity index (χ0) is 23.9. The second-order valence-electron chi connectivity index (χ2n) is 9.70. The largest absolute Gasteiger partial charge is 0.467 e. The number of nitrogens with zero attached hydrogens (tertiary/aromatic N) is 2. The minimum atomic E-state index is -2.18. The van der Waals surface area contributed by atoms with Gasteiger partial charge in [-0.15, -0.1) is 0 Å². The third-order valence-corrected chi connectivity index (χ3v) is 12.2. The number of hydrogen-bond donors (Lipinski definition) is 0. The molecule has 0 spiro atoms. The van der Waals surface area contributed by atoms with Crippen LogP contribution in [0.5, 0.6) is 0 Å². The number of esters is 1. The van der Waals surface area contributed by atoms with E-state index in [0.717, 1.165) is 16.3 Å². The summed E-state index contributed by atoms with van der Waals surface area (Å²) in [4.78, 5) is 51.5. The van der Waals surface area contributed by atoms with E-state index in [2.05, 4.69) is 40.4 Å². The molecular weight excluding hydrogens is 436 g/mol. The molecule has 4 atom stereocenters. The van der Waals surface area contributed by atoms with Crippen LogP contribution in [-0.2, 0) is 28.3 Å². The summed E-state index contributed by atoms with van der Waals surface area (Å²) in [6, 6.07) is -0.987. The highest BCUT2D eigenvalue weighted by Gasteiger charge is 2.58. The molecule has 31 heavy (non-hydrogen) atoms. The molecule has 0 aromatic rings. The molecule has 2 rings (SSSR count).